The number of nitrogens with zero attached hydrogens (tertiary/aromatic N) is 4. The summed E-state index contributed by atoms with van der Waals surface area (Å²) in [5, 5.41) is 20.5. The molecule has 0 radical (unpaired) electrons. The van der Waals surface area contributed by atoms with Gasteiger partial charge in [0, 0.05) is 82.7 Å². The Labute approximate surface area is 854 Å². The highest BCUT2D eigenvalue weighted by molar-refractivity contribution is 6.17. The molecule has 1 aromatic heterocycles. The second kappa shape index (κ2) is 32.3. The van der Waals surface area contributed by atoms with Crippen LogP contribution < -0.4 is 14.7 Å². The molecule has 0 saturated heterocycles. The van der Waals surface area contributed by atoms with Gasteiger partial charge < -0.3 is 19.3 Å². The first-order valence-corrected chi connectivity index (χ1v) is 54.8. The van der Waals surface area contributed by atoms with Crippen LogP contribution in [0.15, 0.2) is 437 Å². The molecule has 3 spiro atoms. The van der Waals surface area contributed by atoms with Crippen LogP contribution in [0, 0.1) is 71.0 Å². The molecule has 37 rings (SSSR count). The summed E-state index contributed by atoms with van der Waals surface area (Å²) >= 11 is 0. The maximum atomic E-state index is 2.56. The van der Waals surface area contributed by atoms with Gasteiger partial charge in [-0.05, 0) is 391 Å². The van der Waals surface area contributed by atoms with Gasteiger partial charge in [-0.25, -0.2) is 0 Å². The van der Waals surface area contributed by atoms with Crippen molar-refractivity contribution in [2.45, 2.75) is 113 Å². The van der Waals surface area contributed by atoms with Gasteiger partial charge in [-0.15, -0.1) is 0 Å². The normalized spacial score (nSPS) is 24.7. The fourth-order valence-electron chi connectivity index (χ4n) is 34.7. The van der Waals surface area contributed by atoms with Gasteiger partial charge in [0.05, 0.1) is 33.8 Å². The molecule has 4 nitrogen and oxygen atoms in total. The molecule has 0 amide bonds. The molecule has 12 fully saturated rings. The first-order valence-electron chi connectivity index (χ1n) is 54.8. The number of anilines is 9. The molecule has 0 unspecified atom stereocenters. The molecule has 15 aliphatic carbocycles. The van der Waals surface area contributed by atoms with Crippen LogP contribution in [0.5, 0.6) is 0 Å². The summed E-state index contributed by atoms with van der Waals surface area (Å²) < 4.78 is 2.44. The van der Waals surface area contributed by atoms with Crippen molar-refractivity contribution < 1.29 is 0 Å². The number of aromatic nitrogens is 1. The molecule has 1 heterocycles. The SMILES string of the molecule is c1cc(N(c2ccc3c(c2)-c2ccccc2C32C3CC4CC(C3)CC2C4)c2cccc3ccccc23)cc(-n2c3ccccc3c3ccccc32)c1.c1ccc2c(c1)-c1cc(N(c3ccc4c(ccc5ccccc54)c3)c3cccc4ccccc34)ccc1C21C2CC3CC(C2)CC1C3.c1ccc2c(c1)-c1cc(N(c3cccc4ccccc34)c3cc4ccccc4c4ccccc34)ccc1C21C2CC3CC(C2)CC1C3. The van der Waals surface area contributed by atoms with Crippen molar-refractivity contribution in [1.82, 2.24) is 4.57 Å². The van der Waals surface area contributed by atoms with Crippen LogP contribution in [0.4, 0.5) is 51.2 Å². The Morgan fingerprint density at radius 1 is 0.164 bits per heavy atom. The highest BCUT2D eigenvalue weighted by Gasteiger charge is 2.65. The van der Waals surface area contributed by atoms with E-state index in [2.05, 4.69) is 456 Å². The minimum absolute atomic E-state index is 0.165. The number of para-hydroxylation sites is 2. The van der Waals surface area contributed by atoms with E-state index in [0.29, 0.717) is 0 Å². The van der Waals surface area contributed by atoms with Crippen LogP contribution in [-0.4, -0.2) is 4.57 Å². The highest BCUT2D eigenvalue weighted by atomic mass is 15.2. The molecule has 0 atom stereocenters. The predicted molar refractivity (Wildman–Crippen MR) is 610 cm³/mol. The van der Waals surface area contributed by atoms with E-state index in [0.717, 1.165) is 76.7 Å². The summed E-state index contributed by atoms with van der Waals surface area (Å²) in [6.07, 6.45) is 21.3. The molecule has 15 aliphatic rings. The molecule has 702 valence electrons. The minimum atomic E-state index is 0.165. The van der Waals surface area contributed by atoms with Crippen molar-refractivity contribution in [3.8, 4) is 39.1 Å². The number of fused-ring (bicyclic) bond motifs is 21. The molecular weight excluding hydrogens is 1760 g/mol. The van der Waals surface area contributed by atoms with Gasteiger partial charge in [-0.2, -0.15) is 0 Å². The van der Waals surface area contributed by atoms with Gasteiger partial charge in [0.15, 0.2) is 0 Å². The zero-order chi connectivity index (χ0) is 95.3. The van der Waals surface area contributed by atoms with E-state index in [9.17, 15) is 0 Å². The Bertz CT molecular complexity index is 9040. The van der Waals surface area contributed by atoms with Crippen LogP contribution in [0.2, 0.25) is 0 Å². The maximum absolute atomic E-state index is 2.56. The number of benzene rings is 21. The van der Waals surface area contributed by atoms with Gasteiger partial charge in [0.1, 0.15) is 0 Å². The predicted octanol–water partition coefficient (Wildman–Crippen LogP) is 37.8. The van der Waals surface area contributed by atoms with E-state index >= 15 is 0 Å². The van der Waals surface area contributed by atoms with E-state index < -0.39 is 0 Å². The van der Waals surface area contributed by atoms with Crippen molar-refractivity contribution in [3.05, 3.63) is 470 Å². The summed E-state index contributed by atoms with van der Waals surface area (Å²) in [5.41, 5.74) is 33.5. The lowest BCUT2D eigenvalue weighted by atomic mass is 9.43. The van der Waals surface area contributed by atoms with Gasteiger partial charge >= 0.3 is 0 Å². The smallest absolute Gasteiger partial charge is 0.0546 e. The van der Waals surface area contributed by atoms with Crippen LogP contribution >= 0.6 is 0 Å². The summed E-state index contributed by atoms with van der Waals surface area (Å²) in [5.74, 6) is 10.3. The molecule has 21 aromatic carbocycles. The molecule has 4 heteroatoms. The van der Waals surface area contributed by atoms with Crippen LogP contribution in [-0.2, 0) is 16.2 Å². The Kier molecular flexibility index (Phi) is 18.6. The summed E-state index contributed by atoms with van der Waals surface area (Å²) in [4.78, 5) is 7.59. The lowest BCUT2D eigenvalue weighted by Crippen LogP contribution is -2.55. The molecule has 0 aliphatic heterocycles. The summed E-state index contributed by atoms with van der Waals surface area (Å²) in [6, 6.07) is 165. The van der Waals surface area contributed by atoms with Gasteiger partial charge in [-0.3, -0.25) is 0 Å². The van der Waals surface area contributed by atoms with Crippen LogP contribution in [0.1, 0.15) is 130 Å². The van der Waals surface area contributed by atoms with Crippen LogP contribution in [0.25, 0.3) is 136 Å². The second-order valence-corrected chi connectivity index (χ2v) is 46.1. The molecule has 12 saturated carbocycles. The monoisotopic (exact) mass is 1870 g/mol. The van der Waals surface area contributed by atoms with Gasteiger partial charge in [0.25, 0.3) is 0 Å². The van der Waals surface area contributed by atoms with Crippen molar-refractivity contribution in [2.24, 2.45) is 71.0 Å². The number of hydrogen-bond acceptors (Lipinski definition) is 3. The zero-order valence-corrected chi connectivity index (χ0v) is 82.4. The Hall–Kier alpha value is -15.4. The number of hydrogen-bond donors (Lipinski definition) is 0. The third-order valence-corrected chi connectivity index (χ3v) is 39.3. The van der Waals surface area contributed by atoms with Crippen LogP contribution in [0.3, 0.4) is 0 Å². The topological polar surface area (TPSA) is 14.7 Å². The lowest BCUT2D eigenvalue weighted by Gasteiger charge is -2.61. The van der Waals surface area contributed by atoms with Gasteiger partial charge in [-0.1, -0.05) is 334 Å². The fraction of sp³-hybridized carbons (Fsp3) is 0.211. The van der Waals surface area contributed by atoms with E-state index in [4.69, 9.17) is 0 Å². The van der Waals surface area contributed by atoms with E-state index in [1.54, 1.807) is 33.4 Å². The largest absolute Gasteiger partial charge is 0.310 e. The lowest BCUT2D eigenvalue weighted by molar-refractivity contribution is -0.0399. The quantitative estimate of drug-likeness (QED) is 0.127. The Morgan fingerprint density at radius 2 is 0.445 bits per heavy atom. The van der Waals surface area contributed by atoms with Crippen molar-refractivity contribution in [3.63, 3.8) is 0 Å². The van der Waals surface area contributed by atoms with Crippen molar-refractivity contribution in [1.29, 1.82) is 0 Å². The van der Waals surface area contributed by atoms with Crippen molar-refractivity contribution >= 4 is 148 Å². The highest BCUT2D eigenvalue weighted by Crippen LogP contribution is 2.74. The maximum Gasteiger partial charge on any atom is 0.0546 e. The standard InChI is InChI=1S/C50H40N2.2C46H37N/c1-2-15-40-34(11-1)12-9-22-47(40)51(37-13-10-14-38(30-37)52-48-20-7-4-17-42(48)43-18-5-8-21-49(43)52)39-23-24-46-44(31-39)41-16-3-6-19-45(41)50(46)35-26-32-25-33(28-35)29-36(50)27-32;1-4-14-37-31(10-1)12-9-19-44(37)47(45-27-32-11-2-3-13-36(32)38-15-5-6-17-40(38)45)35-20-21-43-41(28-35)39-16-7-8-18-42(39)46(43)33-23-29-22-30(25-33)26-34(46)24-29;1-3-11-38-32(9-1)16-17-33-27-36(18-20-39(33)38)47(45-15-7-10-31-8-2-4-12-40(31)45)37-19-21-44-42(28-37)41-13-5-6-14-43(41)46(44)34-23-29-22-30(25-34)26-35(46)24-29/h1-24,30-33,35-36H,25-29H2;1-21,27-30,33-34H,22-26H2;1-21,27-30,34-35H,22-26H2. The second-order valence-electron chi connectivity index (χ2n) is 46.1. The first-order chi connectivity index (χ1) is 72.3. The van der Waals surface area contributed by atoms with E-state index in [1.807, 2.05) is 0 Å². The Balaban J connectivity index is 0.0000000977. The first kappa shape index (κ1) is 84.0. The summed E-state index contributed by atoms with van der Waals surface area (Å²) in [7, 11) is 0. The Morgan fingerprint density at radius 3 is 0.877 bits per heavy atom. The zero-order valence-electron chi connectivity index (χ0n) is 82.4. The van der Waals surface area contributed by atoms with E-state index in [-0.39, 0.29) is 16.2 Å². The van der Waals surface area contributed by atoms with Gasteiger partial charge in [0.2, 0.25) is 0 Å². The molecule has 146 heavy (non-hydrogen) atoms. The van der Waals surface area contributed by atoms with E-state index in [1.165, 1.54) is 278 Å². The molecular formula is C142H114N4. The average molecular weight is 1880 g/mol. The average Bonchev–Trinajstić information content (AvgIpc) is 1.60. The van der Waals surface area contributed by atoms with Crippen molar-refractivity contribution in [2.75, 3.05) is 14.7 Å². The molecule has 0 N–H and O–H groups in total. The third kappa shape index (κ3) is 12.2. The number of rotatable bonds is 10. The summed E-state index contributed by atoms with van der Waals surface area (Å²) in [6.45, 7) is 0. The molecule has 22 aromatic rings. The molecule has 12 bridgehead atoms. The third-order valence-electron chi connectivity index (χ3n) is 39.3. The fourth-order valence-corrected chi connectivity index (χ4v) is 34.7. The minimum Gasteiger partial charge on any atom is -0.310 e.